The molecule has 2 heterocycles. The van der Waals surface area contributed by atoms with Crippen molar-refractivity contribution in [1.82, 2.24) is 0 Å². The number of nitrogens with one attached hydrogen (secondary N) is 1. The average molecular weight is 233 g/mol. The molecule has 3 heteroatoms. The summed E-state index contributed by atoms with van der Waals surface area (Å²) in [5.74, 6) is 1.48. The largest absolute Gasteiger partial charge is 0.497 e. The lowest BCUT2D eigenvalue weighted by Gasteiger charge is -2.30. The van der Waals surface area contributed by atoms with Crippen molar-refractivity contribution in [2.45, 2.75) is 31.3 Å². The summed E-state index contributed by atoms with van der Waals surface area (Å²) in [5.41, 5.74) is 2.61. The minimum atomic E-state index is 0.421. The monoisotopic (exact) mass is 233 g/mol. The zero-order valence-electron chi connectivity index (χ0n) is 10.2. The molecule has 2 unspecified atom stereocenters. The zero-order valence-corrected chi connectivity index (χ0v) is 10.2. The molecule has 1 N–H and O–H groups in total. The van der Waals surface area contributed by atoms with Crippen LogP contribution in [-0.2, 0) is 4.74 Å². The van der Waals surface area contributed by atoms with E-state index in [4.69, 9.17) is 9.47 Å². The van der Waals surface area contributed by atoms with Crippen LogP contribution < -0.4 is 10.1 Å². The lowest BCUT2D eigenvalue weighted by molar-refractivity contribution is 0.0860. The lowest BCUT2D eigenvalue weighted by Crippen LogP contribution is -2.25. The van der Waals surface area contributed by atoms with Gasteiger partial charge in [-0.1, -0.05) is 6.07 Å². The summed E-state index contributed by atoms with van der Waals surface area (Å²) in [4.78, 5) is 0. The van der Waals surface area contributed by atoms with E-state index >= 15 is 0 Å². The highest BCUT2D eigenvalue weighted by Crippen LogP contribution is 2.39. The van der Waals surface area contributed by atoms with Crippen LogP contribution in [0.15, 0.2) is 18.2 Å². The number of rotatable bonds is 2. The molecule has 2 atom stereocenters. The van der Waals surface area contributed by atoms with E-state index in [0.29, 0.717) is 12.0 Å². The van der Waals surface area contributed by atoms with Gasteiger partial charge in [-0.3, -0.25) is 0 Å². The minimum Gasteiger partial charge on any atom is -0.497 e. The number of ether oxygens (including phenoxy) is 2. The minimum absolute atomic E-state index is 0.421. The van der Waals surface area contributed by atoms with Crippen LogP contribution in [0.5, 0.6) is 5.75 Å². The fraction of sp³-hybridized carbons (Fsp3) is 0.571. The fourth-order valence-corrected chi connectivity index (χ4v) is 2.96. The zero-order chi connectivity index (χ0) is 11.7. The summed E-state index contributed by atoms with van der Waals surface area (Å²) >= 11 is 0. The molecule has 2 aliphatic rings. The van der Waals surface area contributed by atoms with Gasteiger partial charge >= 0.3 is 0 Å². The van der Waals surface area contributed by atoms with Crippen molar-refractivity contribution < 1.29 is 9.47 Å². The molecule has 1 aromatic carbocycles. The first kappa shape index (κ1) is 10.9. The Labute approximate surface area is 102 Å². The van der Waals surface area contributed by atoms with Gasteiger partial charge in [0.2, 0.25) is 0 Å². The van der Waals surface area contributed by atoms with Crippen molar-refractivity contribution in [1.29, 1.82) is 0 Å². The summed E-state index contributed by atoms with van der Waals surface area (Å²) < 4.78 is 11.1. The van der Waals surface area contributed by atoms with Gasteiger partial charge in [0.05, 0.1) is 13.2 Å². The van der Waals surface area contributed by atoms with Crippen LogP contribution in [0.25, 0.3) is 0 Å². The van der Waals surface area contributed by atoms with Crippen molar-refractivity contribution in [3.8, 4) is 5.75 Å². The van der Waals surface area contributed by atoms with Crippen molar-refractivity contribution >= 4 is 5.69 Å². The Balaban J connectivity index is 1.90. The normalized spacial score (nSPS) is 27.4. The Morgan fingerprint density at radius 2 is 2.29 bits per heavy atom. The third kappa shape index (κ3) is 2.00. The smallest absolute Gasteiger partial charge is 0.120 e. The van der Waals surface area contributed by atoms with Crippen molar-refractivity contribution in [3.05, 3.63) is 23.8 Å². The van der Waals surface area contributed by atoms with Crippen LogP contribution in [0.4, 0.5) is 5.69 Å². The second-order valence-electron chi connectivity index (χ2n) is 4.83. The summed E-state index contributed by atoms with van der Waals surface area (Å²) in [7, 11) is 1.71. The van der Waals surface area contributed by atoms with E-state index < -0.39 is 0 Å². The third-order valence-corrected chi connectivity index (χ3v) is 3.84. The fourth-order valence-electron chi connectivity index (χ4n) is 2.96. The molecule has 0 bridgehead atoms. The molecular weight excluding hydrogens is 214 g/mol. The summed E-state index contributed by atoms with van der Waals surface area (Å²) in [6, 6.07) is 6.33. The van der Waals surface area contributed by atoms with Gasteiger partial charge in [0.15, 0.2) is 0 Å². The van der Waals surface area contributed by atoms with Crippen molar-refractivity contribution in [2.75, 3.05) is 25.6 Å². The molecule has 0 aliphatic carbocycles. The summed E-state index contributed by atoms with van der Waals surface area (Å²) in [6.45, 7) is 1.96. The maximum absolute atomic E-state index is 5.85. The predicted octanol–water partition coefficient (Wildman–Crippen LogP) is 2.77. The quantitative estimate of drug-likeness (QED) is 0.852. The van der Waals surface area contributed by atoms with Crippen LogP contribution in [0.3, 0.4) is 0 Å². The van der Waals surface area contributed by atoms with Crippen LogP contribution in [0.1, 0.15) is 30.7 Å². The van der Waals surface area contributed by atoms with Crippen molar-refractivity contribution in [3.63, 3.8) is 0 Å². The molecule has 3 nitrogen and oxygen atoms in total. The van der Waals surface area contributed by atoms with Gasteiger partial charge in [-0.25, -0.2) is 0 Å². The molecule has 1 fully saturated rings. The van der Waals surface area contributed by atoms with Gasteiger partial charge in [-0.2, -0.15) is 0 Å². The molecule has 2 aliphatic heterocycles. The molecular formula is C14H19NO2. The predicted molar refractivity (Wildman–Crippen MR) is 67.8 cm³/mol. The number of methoxy groups -OCH3 is 1. The highest BCUT2D eigenvalue weighted by atomic mass is 16.5. The van der Waals surface area contributed by atoms with Crippen LogP contribution in [0.2, 0.25) is 0 Å². The number of fused-ring (bicyclic) bond motifs is 1. The molecule has 92 valence electrons. The number of hydrogen-bond donors (Lipinski definition) is 1. The van der Waals surface area contributed by atoms with Gasteiger partial charge in [0, 0.05) is 30.8 Å². The van der Waals surface area contributed by atoms with E-state index in [0.717, 1.165) is 18.9 Å². The van der Waals surface area contributed by atoms with E-state index in [1.807, 2.05) is 6.07 Å². The Hall–Kier alpha value is -1.22. The first-order chi connectivity index (χ1) is 8.38. The number of hydrogen-bond acceptors (Lipinski definition) is 3. The number of anilines is 1. The Morgan fingerprint density at radius 1 is 1.35 bits per heavy atom. The molecule has 0 radical (unpaired) electrons. The third-order valence-electron chi connectivity index (χ3n) is 3.84. The SMILES string of the molecule is COc1ccc2c(c1)NCCC2C1CCCO1. The van der Waals surface area contributed by atoms with Crippen LogP contribution in [-0.4, -0.2) is 26.4 Å². The van der Waals surface area contributed by atoms with Gasteiger partial charge in [-0.15, -0.1) is 0 Å². The number of benzene rings is 1. The standard InChI is InChI=1S/C14H19NO2/c1-16-10-4-5-11-12(14-3-2-8-17-14)6-7-15-13(11)9-10/h4-5,9,12,14-15H,2-3,6-8H2,1H3. The second-order valence-corrected chi connectivity index (χ2v) is 4.83. The molecule has 0 aromatic heterocycles. The molecule has 0 spiro atoms. The van der Waals surface area contributed by atoms with Gasteiger partial charge in [-0.05, 0) is 30.9 Å². The Kier molecular flexibility index (Phi) is 2.93. The molecule has 0 amide bonds. The maximum atomic E-state index is 5.85. The van der Waals surface area contributed by atoms with Gasteiger partial charge < -0.3 is 14.8 Å². The average Bonchev–Trinajstić information content (AvgIpc) is 2.91. The van der Waals surface area contributed by atoms with E-state index in [1.54, 1.807) is 7.11 Å². The molecule has 0 saturated carbocycles. The summed E-state index contributed by atoms with van der Waals surface area (Å²) in [6.07, 6.45) is 4.00. The molecule has 3 rings (SSSR count). The topological polar surface area (TPSA) is 30.5 Å². The first-order valence-electron chi connectivity index (χ1n) is 6.42. The highest BCUT2D eigenvalue weighted by molar-refractivity contribution is 5.58. The van der Waals surface area contributed by atoms with E-state index in [2.05, 4.69) is 17.4 Å². The first-order valence-corrected chi connectivity index (χ1v) is 6.42. The lowest BCUT2D eigenvalue weighted by atomic mass is 9.85. The van der Waals surface area contributed by atoms with Crippen molar-refractivity contribution in [2.24, 2.45) is 0 Å². The molecule has 1 aromatic rings. The Morgan fingerprint density at radius 3 is 3.06 bits per heavy atom. The van der Waals surface area contributed by atoms with E-state index in [1.165, 1.54) is 30.5 Å². The van der Waals surface area contributed by atoms with Crippen LogP contribution >= 0.6 is 0 Å². The van der Waals surface area contributed by atoms with E-state index in [9.17, 15) is 0 Å². The second kappa shape index (κ2) is 4.57. The van der Waals surface area contributed by atoms with Crippen LogP contribution in [0, 0.1) is 0 Å². The molecule has 17 heavy (non-hydrogen) atoms. The molecule has 1 saturated heterocycles. The highest BCUT2D eigenvalue weighted by Gasteiger charge is 2.30. The van der Waals surface area contributed by atoms with Gasteiger partial charge in [0.25, 0.3) is 0 Å². The van der Waals surface area contributed by atoms with E-state index in [-0.39, 0.29) is 0 Å². The Bertz CT molecular complexity index is 399. The maximum Gasteiger partial charge on any atom is 0.120 e. The summed E-state index contributed by atoms with van der Waals surface area (Å²) in [5, 5.41) is 3.46. The van der Waals surface area contributed by atoms with Gasteiger partial charge in [0.1, 0.15) is 5.75 Å².